The average molecular weight is 409 g/mol. The van der Waals surface area contributed by atoms with Gasteiger partial charge in [0.25, 0.3) is 11.8 Å². The van der Waals surface area contributed by atoms with Crippen LogP contribution in [0.25, 0.3) is 0 Å². The van der Waals surface area contributed by atoms with E-state index in [9.17, 15) is 9.59 Å². The number of nitrogens with zero attached hydrogens (tertiary/aromatic N) is 2. The molecular weight excluding hydrogens is 390 g/mol. The third-order valence-electron chi connectivity index (χ3n) is 4.65. The van der Waals surface area contributed by atoms with E-state index in [1.165, 1.54) is 30.5 Å². The molecule has 0 fully saturated rings. The van der Waals surface area contributed by atoms with Gasteiger partial charge in [-0.25, -0.2) is 5.01 Å². The fraction of sp³-hybridized carbons (Fsp3) is 0.190. The van der Waals surface area contributed by atoms with Gasteiger partial charge in [0.2, 0.25) is 0 Å². The lowest BCUT2D eigenvalue weighted by Gasteiger charge is -2.20. The van der Waals surface area contributed by atoms with E-state index < -0.39 is 17.9 Å². The quantitative estimate of drug-likeness (QED) is 0.641. The van der Waals surface area contributed by atoms with Crippen LogP contribution in [0.3, 0.4) is 0 Å². The molecular formula is C21H19N3O6. The summed E-state index contributed by atoms with van der Waals surface area (Å²) in [6.45, 7) is -0.348. The standard InChI is InChI=1S/C21H19N3O6/c1-27-13-6-7-17(14(10-13)21(22)26)30-12-20(25)24-16(19-5-3-9-29-19)11-15(23-24)18-4-2-8-28-18/h2-10,16H,11-12H2,1H3,(H2,22,26). The molecule has 0 aliphatic carbocycles. The van der Waals surface area contributed by atoms with Crippen LogP contribution in [0.5, 0.6) is 11.5 Å². The highest BCUT2D eigenvalue weighted by molar-refractivity contribution is 6.01. The molecule has 3 heterocycles. The lowest BCUT2D eigenvalue weighted by atomic mass is 10.1. The van der Waals surface area contributed by atoms with E-state index in [2.05, 4.69) is 5.10 Å². The molecule has 0 saturated heterocycles. The van der Waals surface area contributed by atoms with Crippen LogP contribution in [0.4, 0.5) is 0 Å². The SMILES string of the molecule is COc1ccc(OCC(=O)N2N=C(c3ccco3)CC2c2ccco2)c(C(N)=O)c1. The Morgan fingerprint density at radius 1 is 1.20 bits per heavy atom. The number of rotatable bonds is 7. The van der Waals surface area contributed by atoms with Crippen LogP contribution in [-0.4, -0.2) is 36.3 Å². The second-order valence-corrected chi connectivity index (χ2v) is 6.51. The van der Waals surface area contributed by atoms with E-state index in [4.69, 9.17) is 24.0 Å². The Morgan fingerprint density at radius 3 is 2.67 bits per heavy atom. The molecule has 2 amide bonds. The van der Waals surface area contributed by atoms with Crippen LogP contribution in [0.2, 0.25) is 0 Å². The first kappa shape index (κ1) is 19.3. The number of methoxy groups -OCH3 is 1. The Balaban J connectivity index is 1.54. The zero-order chi connectivity index (χ0) is 21.1. The number of carbonyl (C=O) groups excluding carboxylic acids is 2. The summed E-state index contributed by atoms with van der Waals surface area (Å²) in [7, 11) is 1.47. The van der Waals surface area contributed by atoms with Crippen molar-refractivity contribution >= 4 is 17.5 Å². The Bertz CT molecular complexity index is 1070. The molecule has 3 aromatic rings. The number of nitrogens with two attached hydrogens (primary N) is 1. The molecule has 1 unspecified atom stereocenters. The minimum atomic E-state index is -0.691. The lowest BCUT2D eigenvalue weighted by molar-refractivity contribution is -0.135. The number of furan rings is 2. The highest BCUT2D eigenvalue weighted by Crippen LogP contribution is 2.33. The Labute approximate surface area is 171 Å². The van der Waals surface area contributed by atoms with Gasteiger partial charge in [-0.05, 0) is 42.5 Å². The van der Waals surface area contributed by atoms with Crippen molar-refractivity contribution in [2.75, 3.05) is 13.7 Å². The number of hydrogen-bond donors (Lipinski definition) is 1. The predicted octanol–water partition coefficient (Wildman–Crippen LogP) is 2.74. The van der Waals surface area contributed by atoms with Gasteiger partial charge in [-0.2, -0.15) is 5.10 Å². The molecule has 0 saturated carbocycles. The summed E-state index contributed by atoms with van der Waals surface area (Å²) in [5, 5.41) is 5.73. The maximum absolute atomic E-state index is 12.9. The summed E-state index contributed by atoms with van der Waals surface area (Å²) in [6.07, 6.45) is 3.51. The molecule has 1 aromatic carbocycles. The number of ether oxygens (including phenoxy) is 2. The molecule has 0 spiro atoms. The van der Waals surface area contributed by atoms with E-state index in [0.29, 0.717) is 29.4 Å². The van der Waals surface area contributed by atoms with Crippen LogP contribution in [0.15, 0.2) is 68.9 Å². The lowest BCUT2D eigenvalue weighted by Crippen LogP contribution is -2.31. The third-order valence-corrected chi connectivity index (χ3v) is 4.65. The molecule has 1 aliphatic heterocycles. The molecule has 0 bridgehead atoms. The largest absolute Gasteiger partial charge is 0.497 e. The zero-order valence-corrected chi connectivity index (χ0v) is 16.1. The van der Waals surface area contributed by atoms with Crippen LogP contribution in [-0.2, 0) is 4.79 Å². The first-order valence-electron chi connectivity index (χ1n) is 9.14. The van der Waals surface area contributed by atoms with Gasteiger partial charge in [-0.1, -0.05) is 0 Å². The maximum atomic E-state index is 12.9. The Kier molecular flexibility index (Phi) is 5.25. The van der Waals surface area contributed by atoms with Crippen molar-refractivity contribution in [2.45, 2.75) is 12.5 Å². The predicted molar refractivity (Wildman–Crippen MR) is 105 cm³/mol. The summed E-state index contributed by atoms with van der Waals surface area (Å²) in [4.78, 5) is 24.6. The summed E-state index contributed by atoms with van der Waals surface area (Å²) >= 11 is 0. The summed E-state index contributed by atoms with van der Waals surface area (Å²) in [5.41, 5.74) is 6.15. The van der Waals surface area contributed by atoms with E-state index in [1.54, 1.807) is 36.6 Å². The molecule has 2 aromatic heterocycles. The zero-order valence-electron chi connectivity index (χ0n) is 16.1. The Hall–Kier alpha value is -4.01. The van der Waals surface area contributed by atoms with Crippen molar-refractivity contribution in [1.29, 1.82) is 0 Å². The summed E-state index contributed by atoms with van der Waals surface area (Å²) < 4.78 is 21.6. The van der Waals surface area contributed by atoms with Crippen LogP contribution < -0.4 is 15.2 Å². The second kappa shape index (κ2) is 8.16. The number of amides is 2. The van der Waals surface area contributed by atoms with Gasteiger partial charge < -0.3 is 24.0 Å². The molecule has 9 heteroatoms. The highest BCUT2D eigenvalue weighted by atomic mass is 16.5. The summed E-state index contributed by atoms with van der Waals surface area (Å²) in [5.74, 6) is 0.700. The molecule has 9 nitrogen and oxygen atoms in total. The van der Waals surface area contributed by atoms with Crippen LogP contribution >= 0.6 is 0 Å². The third kappa shape index (κ3) is 3.77. The normalized spacial score (nSPS) is 15.7. The van der Waals surface area contributed by atoms with Gasteiger partial charge in [0.1, 0.15) is 34.8 Å². The van der Waals surface area contributed by atoms with Gasteiger partial charge in [0, 0.05) is 6.42 Å². The topological polar surface area (TPSA) is 120 Å². The number of benzene rings is 1. The van der Waals surface area contributed by atoms with Crippen LogP contribution in [0.1, 0.15) is 34.3 Å². The molecule has 154 valence electrons. The van der Waals surface area contributed by atoms with Crippen LogP contribution in [0, 0.1) is 0 Å². The maximum Gasteiger partial charge on any atom is 0.281 e. The first-order chi connectivity index (χ1) is 14.6. The molecule has 1 aliphatic rings. The summed E-state index contributed by atoms with van der Waals surface area (Å²) in [6, 6.07) is 11.2. The number of carbonyl (C=O) groups is 2. The van der Waals surface area contributed by atoms with E-state index >= 15 is 0 Å². The van der Waals surface area contributed by atoms with E-state index in [0.717, 1.165) is 0 Å². The van der Waals surface area contributed by atoms with Crippen molar-refractivity contribution in [1.82, 2.24) is 5.01 Å². The van der Waals surface area contributed by atoms with E-state index in [-0.39, 0.29) is 17.9 Å². The highest BCUT2D eigenvalue weighted by Gasteiger charge is 2.36. The molecule has 0 radical (unpaired) electrons. The van der Waals surface area contributed by atoms with Crippen molar-refractivity contribution in [2.24, 2.45) is 10.8 Å². The number of primary amides is 1. The van der Waals surface area contributed by atoms with Crippen molar-refractivity contribution in [3.63, 3.8) is 0 Å². The smallest absolute Gasteiger partial charge is 0.281 e. The second-order valence-electron chi connectivity index (χ2n) is 6.51. The van der Waals surface area contributed by atoms with Crippen molar-refractivity contribution in [3.8, 4) is 11.5 Å². The van der Waals surface area contributed by atoms with Gasteiger partial charge in [0.05, 0.1) is 25.2 Å². The molecule has 2 N–H and O–H groups in total. The number of hydrogen-bond acceptors (Lipinski definition) is 7. The fourth-order valence-electron chi connectivity index (χ4n) is 3.19. The monoisotopic (exact) mass is 409 g/mol. The van der Waals surface area contributed by atoms with E-state index in [1.807, 2.05) is 0 Å². The molecule has 4 rings (SSSR count). The fourth-order valence-corrected chi connectivity index (χ4v) is 3.19. The minimum Gasteiger partial charge on any atom is -0.497 e. The molecule has 1 atom stereocenters. The van der Waals surface area contributed by atoms with Crippen molar-refractivity contribution in [3.05, 3.63) is 72.1 Å². The Morgan fingerprint density at radius 2 is 2.00 bits per heavy atom. The van der Waals surface area contributed by atoms with Gasteiger partial charge in [-0.15, -0.1) is 0 Å². The van der Waals surface area contributed by atoms with Crippen molar-refractivity contribution < 1.29 is 27.9 Å². The first-order valence-corrected chi connectivity index (χ1v) is 9.14. The van der Waals surface area contributed by atoms with Gasteiger partial charge in [-0.3, -0.25) is 9.59 Å². The van der Waals surface area contributed by atoms with Gasteiger partial charge in [0.15, 0.2) is 6.61 Å². The molecule has 30 heavy (non-hydrogen) atoms. The minimum absolute atomic E-state index is 0.117. The average Bonchev–Trinajstić information content (AvgIpc) is 3.52. The van der Waals surface area contributed by atoms with Gasteiger partial charge >= 0.3 is 0 Å². The number of hydrazone groups is 1.